The van der Waals surface area contributed by atoms with Crippen LogP contribution in [-0.2, 0) is 14.3 Å². The average molecular weight is 1210 g/mol. The molecule has 1 aliphatic heterocycles. The summed E-state index contributed by atoms with van der Waals surface area (Å²) in [4.78, 5) is 13.1. The zero-order valence-corrected chi connectivity index (χ0v) is 55.7. The van der Waals surface area contributed by atoms with E-state index in [9.17, 15) is 30.3 Å². The summed E-state index contributed by atoms with van der Waals surface area (Å²) in [6, 6.07) is -0.853. The standard InChI is InChI=1S/C78H133NO8/c1-3-5-7-9-11-13-15-17-19-21-23-25-27-29-31-33-35-36-38-39-41-43-45-47-49-51-53-55-57-59-61-63-65-67-72(81)71(70-86-78-77(85)76(84)75(83)73(69-80)87-78)79-74(82)68-66-64-62-60-58-56-54-52-50-48-46-44-42-40-37-34-32-30-28-26-24-22-20-18-16-14-12-10-8-6-4-2/h6,8,12,14,18,20,24,26,30,32,37,40,44,46,50,52,56-59,65,67,71-73,75-78,80-81,83-85H,3-5,7,9-11,13,15-17,19,21-23,25,27-29,31,33-36,38-39,41-43,45,47-49,51,53-55,60-64,66,68-70H2,1-2H3,(H,79,82)/b8-6-,14-12-,20-18-,26-24-,32-30-,40-37-,46-44-,52-50-,58-56-,59-57+,67-65+. The zero-order chi connectivity index (χ0) is 62.8. The third kappa shape index (κ3) is 53.8. The highest BCUT2D eigenvalue weighted by Gasteiger charge is 2.44. The molecule has 1 fully saturated rings. The smallest absolute Gasteiger partial charge is 0.220 e. The van der Waals surface area contributed by atoms with Crippen molar-refractivity contribution in [3.05, 3.63) is 134 Å². The molecule has 6 N–H and O–H groups in total. The van der Waals surface area contributed by atoms with Gasteiger partial charge in [-0.1, -0.05) is 321 Å². The molecule has 9 nitrogen and oxygen atoms in total. The Labute approximate surface area is 534 Å². The number of hydrogen-bond acceptors (Lipinski definition) is 8. The molecule has 0 aromatic carbocycles. The van der Waals surface area contributed by atoms with E-state index in [4.69, 9.17) is 9.47 Å². The molecule has 1 saturated heterocycles. The number of nitrogens with one attached hydrogen (secondary N) is 1. The van der Waals surface area contributed by atoms with E-state index in [0.29, 0.717) is 6.42 Å². The van der Waals surface area contributed by atoms with Crippen molar-refractivity contribution in [2.24, 2.45) is 0 Å². The number of aliphatic hydroxyl groups excluding tert-OH is 5. The van der Waals surface area contributed by atoms with Gasteiger partial charge in [0.2, 0.25) is 5.91 Å². The topological polar surface area (TPSA) is 149 Å². The van der Waals surface area contributed by atoms with Crippen LogP contribution in [0.2, 0.25) is 0 Å². The van der Waals surface area contributed by atoms with E-state index in [1.54, 1.807) is 6.08 Å². The van der Waals surface area contributed by atoms with Gasteiger partial charge in [0, 0.05) is 6.42 Å². The molecule has 0 saturated carbocycles. The fourth-order valence-electron chi connectivity index (χ4n) is 10.6. The van der Waals surface area contributed by atoms with Gasteiger partial charge in [0.15, 0.2) is 6.29 Å². The van der Waals surface area contributed by atoms with E-state index in [2.05, 4.69) is 141 Å². The van der Waals surface area contributed by atoms with Crippen molar-refractivity contribution in [3.8, 4) is 0 Å². The lowest BCUT2D eigenvalue weighted by Crippen LogP contribution is -2.60. The maximum absolute atomic E-state index is 13.1. The maximum Gasteiger partial charge on any atom is 0.220 e. The zero-order valence-electron chi connectivity index (χ0n) is 55.7. The molecule has 0 aromatic heterocycles. The highest BCUT2D eigenvalue weighted by atomic mass is 16.7. The largest absolute Gasteiger partial charge is 0.394 e. The Hall–Kier alpha value is -3.67. The number of aliphatic hydroxyl groups is 5. The van der Waals surface area contributed by atoms with E-state index >= 15 is 0 Å². The number of carbonyl (C=O) groups excluding carboxylic acids is 1. The van der Waals surface area contributed by atoms with E-state index < -0.39 is 49.5 Å². The van der Waals surface area contributed by atoms with Gasteiger partial charge in [0.05, 0.1) is 25.4 Å². The third-order valence-corrected chi connectivity index (χ3v) is 16.2. The molecule has 1 rings (SSSR count). The monoisotopic (exact) mass is 1210 g/mol. The Morgan fingerprint density at radius 2 is 0.724 bits per heavy atom. The Bertz CT molecular complexity index is 1840. The second kappa shape index (κ2) is 65.3. The lowest BCUT2D eigenvalue weighted by Gasteiger charge is -2.40. The highest BCUT2D eigenvalue weighted by Crippen LogP contribution is 2.23. The van der Waals surface area contributed by atoms with Gasteiger partial charge in [-0.25, -0.2) is 0 Å². The van der Waals surface area contributed by atoms with Crippen LogP contribution in [-0.4, -0.2) is 87.5 Å². The first-order chi connectivity index (χ1) is 42.8. The summed E-state index contributed by atoms with van der Waals surface area (Å²) < 4.78 is 11.3. The Morgan fingerprint density at radius 1 is 0.402 bits per heavy atom. The summed E-state index contributed by atoms with van der Waals surface area (Å²) in [6.45, 7) is 3.65. The number of amides is 1. The van der Waals surface area contributed by atoms with Crippen molar-refractivity contribution in [1.82, 2.24) is 5.32 Å². The number of hydrogen-bond donors (Lipinski definition) is 6. The van der Waals surface area contributed by atoms with Crippen LogP contribution in [0.25, 0.3) is 0 Å². The Kier molecular flexibility index (Phi) is 61.0. The molecule has 0 aromatic rings. The van der Waals surface area contributed by atoms with Crippen molar-refractivity contribution >= 4 is 5.91 Å². The number of allylic oxidation sites excluding steroid dienone is 21. The van der Waals surface area contributed by atoms with Crippen LogP contribution in [0.4, 0.5) is 0 Å². The van der Waals surface area contributed by atoms with Crippen molar-refractivity contribution in [2.75, 3.05) is 13.2 Å². The summed E-state index contributed by atoms with van der Waals surface area (Å²) in [5.74, 6) is -0.221. The van der Waals surface area contributed by atoms with Crippen LogP contribution in [0.3, 0.4) is 0 Å². The molecule has 0 bridgehead atoms. The molecule has 498 valence electrons. The lowest BCUT2D eigenvalue weighted by atomic mass is 9.99. The molecular formula is C78H133NO8. The van der Waals surface area contributed by atoms with Gasteiger partial charge >= 0.3 is 0 Å². The van der Waals surface area contributed by atoms with Gasteiger partial charge in [-0.05, 0) is 103 Å². The quantitative estimate of drug-likeness (QED) is 0.0261. The molecule has 1 aliphatic rings. The lowest BCUT2D eigenvalue weighted by molar-refractivity contribution is -0.302. The third-order valence-electron chi connectivity index (χ3n) is 16.2. The number of rotatable bonds is 61. The SMILES string of the molecule is CC/C=C\C/C=C\C/C=C\C/C=C\C/C=C\C/C=C\C/C=C\C/C=C\C/C=C\CCCCCC(=O)NC(COC1OC(CO)C(O)C(O)C1O)C(O)/C=C/CC/C=C/CCCCCCCCCCCCCCCCCCCCCCCCCCCCC. The van der Waals surface area contributed by atoms with Crippen LogP contribution < -0.4 is 5.32 Å². The molecule has 0 spiro atoms. The fourth-order valence-corrected chi connectivity index (χ4v) is 10.6. The first-order valence-electron chi connectivity index (χ1n) is 35.9. The van der Waals surface area contributed by atoms with Gasteiger partial charge < -0.3 is 40.3 Å². The predicted molar refractivity (Wildman–Crippen MR) is 373 cm³/mol. The molecular weight excluding hydrogens is 1080 g/mol. The van der Waals surface area contributed by atoms with Crippen molar-refractivity contribution in [2.45, 2.75) is 339 Å². The van der Waals surface area contributed by atoms with Crippen LogP contribution >= 0.6 is 0 Å². The van der Waals surface area contributed by atoms with Crippen LogP contribution in [0, 0.1) is 0 Å². The van der Waals surface area contributed by atoms with E-state index in [1.165, 1.54) is 173 Å². The van der Waals surface area contributed by atoms with Crippen LogP contribution in [0.15, 0.2) is 134 Å². The van der Waals surface area contributed by atoms with Gasteiger partial charge in [-0.3, -0.25) is 4.79 Å². The molecule has 1 amide bonds. The minimum atomic E-state index is -1.59. The minimum absolute atomic E-state index is 0.221. The molecule has 9 heteroatoms. The van der Waals surface area contributed by atoms with Gasteiger partial charge in [-0.2, -0.15) is 0 Å². The average Bonchev–Trinajstić information content (AvgIpc) is 3.47. The summed E-state index contributed by atoms with van der Waals surface area (Å²) in [5.41, 5.74) is 0. The van der Waals surface area contributed by atoms with Crippen molar-refractivity contribution in [3.63, 3.8) is 0 Å². The first kappa shape index (κ1) is 81.3. The summed E-state index contributed by atoms with van der Waals surface area (Å²) in [5, 5.41) is 54.7. The number of unbranched alkanes of at least 4 members (excludes halogenated alkanes) is 31. The summed E-state index contributed by atoms with van der Waals surface area (Å²) in [7, 11) is 0. The summed E-state index contributed by atoms with van der Waals surface area (Å²) in [6.07, 6.45) is 92.8. The molecule has 87 heavy (non-hydrogen) atoms. The number of carbonyl (C=O) groups is 1. The fraction of sp³-hybridized carbons (Fsp3) is 0.705. The predicted octanol–water partition coefficient (Wildman–Crippen LogP) is 20.0. The van der Waals surface area contributed by atoms with Crippen molar-refractivity contribution in [1.29, 1.82) is 0 Å². The second-order valence-electron chi connectivity index (χ2n) is 24.3. The van der Waals surface area contributed by atoms with E-state index in [1.807, 2.05) is 6.08 Å². The molecule has 7 unspecified atom stereocenters. The molecule has 7 atom stereocenters. The van der Waals surface area contributed by atoms with Gasteiger partial charge in [-0.15, -0.1) is 0 Å². The molecule has 0 aliphatic carbocycles. The number of ether oxygens (including phenoxy) is 2. The first-order valence-corrected chi connectivity index (χ1v) is 35.9. The normalized spacial score (nSPS) is 18.8. The van der Waals surface area contributed by atoms with Crippen LogP contribution in [0.1, 0.15) is 296 Å². The molecule has 0 radical (unpaired) electrons. The van der Waals surface area contributed by atoms with Crippen molar-refractivity contribution < 1.29 is 39.8 Å². The van der Waals surface area contributed by atoms with Gasteiger partial charge in [0.1, 0.15) is 24.4 Å². The van der Waals surface area contributed by atoms with E-state index in [0.717, 1.165) is 96.3 Å². The summed E-state index contributed by atoms with van der Waals surface area (Å²) >= 11 is 0. The maximum atomic E-state index is 13.1. The van der Waals surface area contributed by atoms with Gasteiger partial charge in [0.25, 0.3) is 0 Å². The minimum Gasteiger partial charge on any atom is -0.394 e. The van der Waals surface area contributed by atoms with E-state index in [-0.39, 0.29) is 18.9 Å². The van der Waals surface area contributed by atoms with Crippen LogP contribution in [0.5, 0.6) is 0 Å². The molecule has 1 heterocycles. The Balaban J connectivity index is 2.20. The second-order valence-corrected chi connectivity index (χ2v) is 24.3. The highest BCUT2D eigenvalue weighted by molar-refractivity contribution is 5.76. The Morgan fingerprint density at radius 3 is 1.10 bits per heavy atom.